The van der Waals surface area contributed by atoms with Crippen molar-refractivity contribution in [3.8, 4) is 23.0 Å². The number of ketones is 1. The Balaban J connectivity index is 1.70. The smallest absolute Gasteiger partial charge is 0.348 e. The van der Waals surface area contributed by atoms with Gasteiger partial charge in [-0.2, -0.15) is 0 Å². The summed E-state index contributed by atoms with van der Waals surface area (Å²) in [5.41, 5.74) is -0.597. The summed E-state index contributed by atoms with van der Waals surface area (Å²) in [6.07, 6.45) is 2.29. The zero-order valence-corrected chi connectivity index (χ0v) is 37.1. The lowest BCUT2D eigenvalue weighted by Gasteiger charge is -2.38. The number of hydrogen-bond acceptors (Lipinski definition) is 15. The van der Waals surface area contributed by atoms with E-state index in [0.717, 1.165) is 12.5 Å². The number of carboxylic acid groups (broad SMARTS) is 1. The van der Waals surface area contributed by atoms with E-state index in [2.05, 4.69) is 10.5 Å². The summed E-state index contributed by atoms with van der Waals surface area (Å²) in [6.45, 7) is 12.1. The van der Waals surface area contributed by atoms with Crippen molar-refractivity contribution in [2.75, 3.05) is 12.4 Å². The zero-order valence-electron chi connectivity index (χ0n) is 37.1. The molecule has 1 unspecified atom stereocenters. The molecule has 7 N–H and O–H groups in total. The number of rotatable bonds is 8. The predicted octanol–water partition coefficient (Wildman–Crippen LogP) is 5.80. The van der Waals surface area contributed by atoms with E-state index in [0.29, 0.717) is 5.56 Å². The van der Waals surface area contributed by atoms with Gasteiger partial charge in [0.2, 0.25) is 6.10 Å². The highest BCUT2D eigenvalue weighted by atomic mass is 16.7. The molecule has 3 aliphatic heterocycles. The van der Waals surface area contributed by atoms with Crippen LogP contribution in [0.15, 0.2) is 71.6 Å². The topological polar surface area (TPSA) is 260 Å². The Hall–Kier alpha value is -6.43. The minimum Gasteiger partial charge on any atom is -0.507 e. The van der Waals surface area contributed by atoms with Crippen LogP contribution in [0.2, 0.25) is 0 Å². The number of phenolic OH excluding ortho intramolecular Hbond substituents is 3. The number of fused-ring (bicyclic) bond motifs is 14. The number of ether oxygens (including phenoxy) is 4. The molecular weight excluding hydrogens is 833 g/mol. The minimum absolute atomic E-state index is 0.0356. The summed E-state index contributed by atoms with van der Waals surface area (Å²) in [5.74, 6) is -10.9. The summed E-state index contributed by atoms with van der Waals surface area (Å²) >= 11 is 0. The highest BCUT2D eigenvalue weighted by Crippen LogP contribution is 2.55. The predicted molar refractivity (Wildman–Crippen MR) is 234 cm³/mol. The summed E-state index contributed by atoms with van der Waals surface area (Å²) < 4.78 is 23.5. The number of carbonyl (C=O) groups excluding carboxylic acids is 3. The number of aliphatic hydroxyl groups is 2. The Kier molecular flexibility index (Phi) is 15.2. The minimum atomic E-state index is -2.14. The van der Waals surface area contributed by atoms with Crippen LogP contribution in [0.4, 0.5) is 5.69 Å². The average molecular weight is 889 g/mol. The first-order valence-electron chi connectivity index (χ1n) is 20.7. The molecule has 3 aliphatic rings. The lowest BCUT2D eigenvalue weighted by atomic mass is 9.78. The Morgan fingerprint density at radius 2 is 1.61 bits per heavy atom. The Morgan fingerprint density at radius 1 is 0.938 bits per heavy atom. The second kappa shape index (κ2) is 20.0. The molecule has 6 rings (SSSR count). The van der Waals surface area contributed by atoms with E-state index in [4.69, 9.17) is 23.8 Å². The number of benzene rings is 3. The second-order valence-corrected chi connectivity index (χ2v) is 16.5. The van der Waals surface area contributed by atoms with E-state index in [1.165, 1.54) is 53.0 Å². The number of methoxy groups -OCH3 is 1. The van der Waals surface area contributed by atoms with Crippen LogP contribution in [0.25, 0.3) is 10.8 Å². The van der Waals surface area contributed by atoms with Crippen molar-refractivity contribution in [2.45, 2.75) is 98.1 Å². The molecule has 0 aromatic heterocycles. The van der Waals surface area contributed by atoms with Crippen LogP contribution in [0.5, 0.6) is 23.0 Å². The molecule has 3 aromatic carbocycles. The van der Waals surface area contributed by atoms with Crippen LogP contribution < -0.4 is 10.1 Å². The third-order valence-corrected chi connectivity index (χ3v) is 11.9. The highest BCUT2D eigenvalue weighted by molar-refractivity contribution is 6.23. The van der Waals surface area contributed by atoms with Gasteiger partial charge in [0.05, 0.1) is 53.0 Å². The van der Waals surface area contributed by atoms with Gasteiger partial charge in [-0.25, -0.2) is 4.79 Å². The molecule has 3 heterocycles. The van der Waals surface area contributed by atoms with Crippen molar-refractivity contribution in [3.05, 3.63) is 88.7 Å². The van der Waals surface area contributed by atoms with Crippen LogP contribution in [0, 0.1) is 30.6 Å². The first-order chi connectivity index (χ1) is 30.1. The fraction of sp³-hybridized carbons (Fsp3) is 0.426. The van der Waals surface area contributed by atoms with Crippen LogP contribution in [-0.2, 0) is 39.9 Å². The molecule has 64 heavy (non-hydrogen) atoms. The number of hydrogen-bond donors (Lipinski definition) is 7. The molecule has 0 radical (unpaired) electrons. The fourth-order valence-electron chi connectivity index (χ4n) is 8.03. The van der Waals surface area contributed by atoms with Crippen LogP contribution in [0.3, 0.4) is 0 Å². The number of phenols is 3. The largest absolute Gasteiger partial charge is 0.507 e. The number of nitrogens with one attached hydrogen (secondary N) is 1. The number of amides is 1. The van der Waals surface area contributed by atoms with Crippen molar-refractivity contribution in [1.29, 1.82) is 0 Å². The van der Waals surface area contributed by atoms with E-state index < -0.39 is 123 Å². The maximum Gasteiger partial charge on any atom is 0.348 e. The van der Waals surface area contributed by atoms with Gasteiger partial charge >= 0.3 is 17.7 Å². The number of allylic oxidation sites excluding steroid dienone is 2. The Bertz CT molecular complexity index is 2390. The second-order valence-electron chi connectivity index (χ2n) is 16.5. The van der Waals surface area contributed by atoms with E-state index in [9.17, 15) is 49.8 Å². The highest BCUT2D eigenvalue weighted by Gasteiger charge is 2.50. The van der Waals surface area contributed by atoms with Crippen LogP contribution in [0.1, 0.15) is 75.5 Å². The van der Waals surface area contributed by atoms with Crippen molar-refractivity contribution >= 4 is 46.3 Å². The number of carbonyl (C=O) groups is 4. The lowest BCUT2D eigenvalue weighted by molar-refractivity contribution is -0.160. The number of oxime groups is 1. The average Bonchev–Trinajstić information content (AvgIpc) is 3.52. The maximum absolute atomic E-state index is 14.5. The maximum atomic E-state index is 14.5. The number of aliphatic hydroxyl groups excluding tert-OH is 2. The lowest BCUT2D eigenvalue weighted by Crippen LogP contribution is -2.46. The van der Waals surface area contributed by atoms with Gasteiger partial charge in [-0.15, -0.1) is 0 Å². The molecule has 0 fully saturated rings. The van der Waals surface area contributed by atoms with Crippen molar-refractivity contribution in [1.82, 2.24) is 0 Å². The summed E-state index contributed by atoms with van der Waals surface area (Å²) in [7, 11) is 1.40. The van der Waals surface area contributed by atoms with E-state index in [-0.39, 0.29) is 28.9 Å². The fourth-order valence-corrected chi connectivity index (χ4v) is 8.03. The van der Waals surface area contributed by atoms with Gasteiger partial charge in [-0.3, -0.25) is 14.4 Å². The zero-order chi connectivity index (χ0) is 47.4. The van der Waals surface area contributed by atoms with Gasteiger partial charge in [-0.05, 0) is 25.5 Å². The van der Waals surface area contributed by atoms with Crippen molar-refractivity contribution in [3.63, 3.8) is 0 Å². The molecule has 1 amide bonds. The first kappa shape index (κ1) is 48.6. The number of Topliss-reactive ketones (excluding diaryl/α,β-unsaturated/α-hetero) is 1. The van der Waals surface area contributed by atoms with Gasteiger partial charge in [0.15, 0.2) is 5.75 Å². The Labute approximate surface area is 370 Å². The van der Waals surface area contributed by atoms with E-state index >= 15 is 0 Å². The van der Waals surface area contributed by atoms with Gasteiger partial charge in [0, 0.05) is 67.6 Å². The normalized spacial score (nSPS) is 29.0. The molecule has 3 aromatic rings. The molecule has 344 valence electrons. The number of aliphatic carboxylic acids is 1. The Morgan fingerprint density at radius 3 is 2.23 bits per heavy atom. The molecule has 0 saturated heterocycles. The van der Waals surface area contributed by atoms with Gasteiger partial charge in [0.1, 0.15) is 23.4 Å². The number of carboxylic acids is 1. The van der Waals surface area contributed by atoms with Gasteiger partial charge in [-0.1, -0.05) is 81.4 Å². The van der Waals surface area contributed by atoms with E-state index in [1.54, 1.807) is 64.1 Å². The number of nitrogens with zero attached hydrogens (tertiary/aromatic N) is 1. The monoisotopic (exact) mass is 888 g/mol. The standard InChI is InChI=1S/C47H56N2O15/c1-22-14-13-15-23(2)45(57)49-36-30(21-48-64-32(46(58)59)20-29-16-11-10-12-17-29)40(54)33-34(41(36)55)39(53)27(6)43-35(33)44(56)47(8,63-43)61-19-18-31(60-9)24(3)42(62-28(7)50)26(5)38(52)25(4)37(22)51/h10-19,21-22,24-26,31-32,37-38,42,51-55H,20H2,1-9H3,(H,49,57)(H,58,59)/b14-13+,19-18+,23-15-,48-21-/t22-,24-,25-,26-,31+,32?,37+,38-,42-,47+/m1/s1. The van der Waals surface area contributed by atoms with Gasteiger partial charge < -0.3 is 59.7 Å². The third kappa shape index (κ3) is 9.86. The molecule has 5 bridgehead atoms. The SMILES string of the molecule is CO[C@H]1/C=C/O[C@@]2(C)Oc3c(C)c(O)c4c(O)c(c(/C=N\OC(Cc5ccccc5)C(=O)O)c(O)c4c3C2=O)NC(=O)/C(C)=C\C=C\[C@@H](C)[C@H](O)[C@@H](C)[C@@H](O)[C@@H](C)[C@H](OC(C)=O)[C@@H]1C. The molecular formula is C47H56N2O15. The van der Waals surface area contributed by atoms with Crippen molar-refractivity contribution < 1.29 is 73.6 Å². The number of anilines is 1. The molecule has 17 heteroatoms. The summed E-state index contributed by atoms with van der Waals surface area (Å²) in [6, 6.07) is 8.58. The number of esters is 1. The molecule has 0 aliphatic carbocycles. The molecule has 10 atom stereocenters. The van der Waals surface area contributed by atoms with E-state index in [1.807, 2.05) is 0 Å². The molecule has 17 nitrogen and oxygen atoms in total. The number of aromatic hydroxyl groups is 3. The van der Waals surface area contributed by atoms with Crippen LogP contribution in [-0.4, -0.2) is 104 Å². The third-order valence-electron chi connectivity index (χ3n) is 11.9. The van der Waals surface area contributed by atoms with Crippen molar-refractivity contribution in [2.24, 2.45) is 28.8 Å². The van der Waals surface area contributed by atoms with Gasteiger partial charge in [0.25, 0.3) is 11.7 Å². The quantitative estimate of drug-likeness (QED) is 0.0464. The summed E-state index contributed by atoms with van der Waals surface area (Å²) in [4.78, 5) is 58.1. The summed E-state index contributed by atoms with van der Waals surface area (Å²) in [5, 5.41) is 73.9. The first-order valence-corrected chi connectivity index (χ1v) is 20.7. The molecule has 0 spiro atoms. The van der Waals surface area contributed by atoms with Crippen LogP contribution >= 0.6 is 0 Å². The molecule has 0 saturated carbocycles.